The number of carboxylic acids is 1. The van der Waals surface area contributed by atoms with Gasteiger partial charge in [-0.1, -0.05) is 18.2 Å². The summed E-state index contributed by atoms with van der Waals surface area (Å²) in [5, 5.41) is 22.3. The highest BCUT2D eigenvalue weighted by atomic mass is 19.1. The Morgan fingerprint density at radius 2 is 1.90 bits per heavy atom. The van der Waals surface area contributed by atoms with Gasteiger partial charge < -0.3 is 10.4 Å². The van der Waals surface area contributed by atoms with Crippen molar-refractivity contribution < 1.29 is 19.2 Å². The summed E-state index contributed by atoms with van der Waals surface area (Å²) in [4.78, 5) is 20.9. The zero-order valence-electron chi connectivity index (χ0n) is 10.7. The lowest BCUT2D eigenvalue weighted by atomic mass is 10.1. The van der Waals surface area contributed by atoms with Crippen molar-refractivity contribution in [3.05, 3.63) is 69.5 Å². The third-order valence-electron chi connectivity index (χ3n) is 2.86. The van der Waals surface area contributed by atoms with E-state index in [4.69, 9.17) is 5.11 Å². The molecule has 2 aromatic rings. The lowest BCUT2D eigenvalue weighted by molar-refractivity contribution is -0.384. The Morgan fingerprint density at radius 1 is 1.24 bits per heavy atom. The standard InChI is InChI=1S/C14H11FN2O4/c15-11-2-1-3-12(17(20)21)13(11)16-8-9-4-6-10(7-5-9)14(18)19/h1-7,16H,8H2,(H,18,19). The van der Waals surface area contributed by atoms with Crippen LogP contribution in [-0.4, -0.2) is 16.0 Å². The molecule has 0 aliphatic carbocycles. The predicted molar refractivity (Wildman–Crippen MR) is 73.8 cm³/mol. The summed E-state index contributed by atoms with van der Waals surface area (Å²) >= 11 is 0. The molecule has 0 unspecified atom stereocenters. The molecule has 0 spiro atoms. The van der Waals surface area contributed by atoms with E-state index < -0.39 is 16.7 Å². The number of benzene rings is 2. The summed E-state index contributed by atoms with van der Waals surface area (Å²) in [5.41, 5.74) is 0.273. The lowest BCUT2D eigenvalue weighted by Crippen LogP contribution is -2.05. The van der Waals surface area contributed by atoms with Crippen LogP contribution in [0.2, 0.25) is 0 Å². The fourth-order valence-corrected chi connectivity index (χ4v) is 1.80. The molecule has 0 bridgehead atoms. The van der Waals surface area contributed by atoms with Crippen LogP contribution in [0.5, 0.6) is 0 Å². The average Bonchev–Trinajstić information content (AvgIpc) is 2.46. The third-order valence-corrected chi connectivity index (χ3v) is 2.86. The van der Waals surface area contributed by atoms with Gasteiger partial charge in [-0.15, -0.1) is 0 Å². The Bertz CT molecular complexity index is 686. The Morgan fingerprint density at radius 3 is 2.48 bits per heavy atom. The SMILES string of the molecule is O=C(O)c1ccc(CNc2c(F)cccc2[N+](=O)[O-])cc1. The summed E-state index contributed by atoms with van der Waals surface area (Å²) < 4.78 is 13.6. The van der Waals surface area contributed by atoms with Gasteiger partial charge in [-0.25, -0.2) is 9.18 Å². The van der Waals surface area contributed by atoms with E-state index in [2.05, 4.69) is 5.32 Å². The molecule has 7 heteroatoms. The molecule has 6 nitrogen and oxygen atoms in total. The van der Waals surface area contributed by atoms with Gasteiger partial charge in [-0.05, 0) is 23.8 Å². The number of halogens is 1. The van der Waals surface area contributed by atoms with Crippen molar-refractivity contribution in [2.75, 3.05) is 5.32 Å². The number of hydrogen-bond acceptors (Lipinski definition) is 4. The van der Waals surface area contributed by atoms with Gasteiger partial charge in [-0.2, -0.15) is 0 Å². The molecule has 0 aliphatic rings. The third kappa shape index (κ3) is 3.33. The van der Waals surface area contributed by atoms with Crippen LogP contribution in [0.3, 0.4) is 0 Å². The molecule has 0 fully saturated rings. The van der Waals surface area contributed by atoms with Crippen LogP contribution in [0.4, 0.5) is 15.8 Å². The van der Waals surface area contributed by atoms with Gasteiger partial charge in [0.1, 0.15) is 5.69 Å². The Kier molecular flexibility index (Phi) is 4.13. The van der Waals surface area contributed by atoms with Crippen LogP contribution in [-0.2, 0) is 6.54 Å². The van der Waals surface area contributed by atoms with Crippen molar-refractivity contribution in [3.8, 4) is 0 Å². The van der Waals surface area contributed by atoms with Crippen molar-refractivity contribution in [1.29, 1.82) is 0 Å². The molecule has 21 heavy (non-hydrogen) atoms. The summed E-state index contributed by atoms with van der Waals surface area (Å²) in [6, 6.07) is 9.54. The number of aromatic carboxylic acids is 1. The molecule has 0 saturated carbocycles. The van der Waals surface area contributed by atoms with Crippen LogP contribution in [0, 0.1) is 15.9 Å². The highest BCUT2D eigenvalue weighted by Gasteiger charge is 2.17. The number of nitro groups is 1. The second-order valence-electron chi connectivity index (χ2n) is 4.25. The molecule has 2 rings (SSSR count). The maximum atomic E-state index is 13.6. The lowest BCUT2D eigenvalue weighted by Gasteiger charge is -2.08. The molecule has 2 N–H and O–H groups in total. The second kappa shape index (κ2) is 6.00. The average molecular weight is 290 g/mol. The highest BCUT2D eigenvalue weighted by Crippen LogP contribution is 2.27. The summed E-state index contributed by atoms with van der Waals surface area (Å²) in [7, 11) is 0. The molecule has 0 saturated heterocycles. The van der Waals surface area contributed by atoms with Crippen molar-refractivity contribution >= 4 is 17.3 Å². The van der Waals surface area contributed by atoms with E-state index in [1.165, 1.54) is 24.3 Å². The first-order valence-electron chi connectivity index (χ1n) is 5.98. The van der Waals surface area contributed by atoms with Crippen molar-refractivity contribution in [2.45, 2.75) is 6.54 Å². The van der Waals surface area contributed by atoms with Crippen molar-refractivity contribution in [2.24, 2.45) is 0 Å². The van der Waals surface area contributed by atoms with Crippen LogP contribution in [0.15, 0.2) is 42.5 Å². The summed E-state index contributed by atoms with van der Waals surface area (Å²) in [5.74, 6) is -1.76. The number of para-hydroxylation sites is 1. The molecule has 0 aromatic heterocycles. The molecule has 0 amide bonds. The Balaban J connectivity index is 2.16. The van der Waals surface area contributed by atoms with E-state index >= 15 is 0 Å². The number of rotatable bonds is 5. The van der Waals surface area contributed by atoms with Crippen LogP contribution < -0.4 is 5.32 Å². The number of carboxylic acid groups (broad SMARTS) is 1. The first-order chi connectivity index (χ1) is 9.99. The zero-order chi connectivity index (χ0) is 15.4. The molecule has 2 aromatic carbocycles. The monoisotopic (exact) mass is 290 g/mol. The van der Waals surface area contributed by atoms with E-state index in [1.807, 2.05) is 0 Å². The van der Waals surface area contributed by atoms with E-state index in [-0.39, 0.29) is 23.5 Å². The van der Waals surface area contributed by atoms with E-state index in [0.717, 1.165) is 6.07 Å². The number of anilines is 1. The molecule has 0 atom stereocenters. The largest absolute Gasteiger partial charge is 0.478 e. The number of nitrogens with zero attached hydrogens (tertiary/aromatic N) is 1. The molecule has 0 heterocycles. The quantitative estimate of drug-likeness (QED) is 0.652. The van der Waals surface area contributed by atoms with E-state index in [1.54, 1.807) is 12.1 Å². The highest BCUT2D eigenvalue weighted by molar-refractivity contribution is 5.87. The summed E-state index contributed by atoms with van der Waals surface area (Å²) in [6.45, 7) is 0.141. The number of carbonyl (C=O) groups is 1. The van der Waals surface area contributed by atoms with Gasteiger partial charge in [0.15, 0.2) is 5.82 Å². The van der Waals surface area contributed by atoms with Gasteiger partial charge in [-0.3, -0.25) is 10.1 Å². The Hall–Kier alpha value is -2.96. The number of nitrogens with one attached hydrogen (secondary N) is 1. The molecule has 0 radical (unpaired) electrons. The molecule has 108 valence electrons. The maximum absolute atomic E-state index is 13.6. The van der Waals surface area contributed by atoms with Gasteiger partial charge in [0.25, 0.3) is 5.69 Å². The van der Waals surface area contributed by atoms with Crippen molar-refractivity contribution in [3.63, 3.8) is 0 Å². The van der Waals surface area contributed by atoms with Gasteiger partial charge >= 0.3 is 5.97 Å². The molecular weight excluding hydrogens is 279 g/mol. The van der Waals surface area contributed by atoms with Gasteiger partial charge in [0.05, 0.1) is 10.5 Å². The van der Waals surface area contributed by atoms with Crippen molar-refractivity contribution in [1.82, 2.24) is 0 Å². The van der Waals surface area contributed by atoms with Crippen LogP contribution in [0.25, 0.3) is 0 Å². The second-order valence-corrected chi connectivity index (χ2v) is 4.25. The van der Waals surface area contributed by atoms with E-state index in [0.29, 0.717) is 5.56 Å². The number of nitro benzene ring substituents is 1. The van der Waals surface area contributed by atoms with Crippen LogP contribution in [0.1, 0.15) is 15.9 Å². The first kappa shape index (κ1) is 14.4. The van der Waals surface area contributed by atoms with E-state index in [9.17, 15) is 19.3 Å². The minimum atomic E-state index is -1.04. The first-order valence-corrected chi connectivity index (χ1v) is 5.98. The van der Waals surface area contributed by atoms with Gasteiger partial charge in [0, 0.05) is 12.6 Å². The summed E-state index contributed by atoms with van der Waals surface area (Å²) in [6.07, 6.45) is 0. The van der Waals surface area contributed by atoms with Gasteiger partial charge in [0.2, 0.25) is 0 Å². The maximum Gasteiger partial charge on any atom is 0.335 e. The topological polar surface area (TPSA) is 92.5 Å². The fraction of sp³-hybridized carbons (Fsp3) is 0.0714. The molecular formula is C14H11FN2O4. The predicted octanol–water partition coefficient (Wildman–Crippen LogP) is 3.04. The minimum Gasteiger partial charge on any atom is -0.478 e. The number of hydrogen-bond donors (Lipinski definition) is 2. The van der Waals surface area contributed by atoms with Crippen LogP contribution >= 0.6 is 0 Å². The zero-order valence-corrected chi connectivity index (χ0v) is 10.7. The molecule has 0 aliphatic heterocycles. The fourth-order valence-electron chi connectivity index (χ4n) is 1.80. The normalized spacial score (nSPS) is 10.1. The Labute approximate surface area is 119 Å². The smallest absolute Gasteiger partial charge is 0.335 e. The minimum absolute atomic E-state index is 0.135.